The third kappa shape index (κ3) is 4.84. The lowest BCUT2D eigenvalue weighted by molar-refractivity contribution is -0.129. The summed E-state index contributed by atoms with van der Waals surface area (Å²) in [7, 11) is -3.72. The third-order valence-electron chi connectivity index (χ3n) is 5.17. The van der Waals surface area contributed by atoms with Crippen molar-refractivity contribution in [2.45, 2.75) is 10.6 Å². The summed E-state index contributed by atoms with van der Waals surface area (Å²) in [5.41, 5.74) is 0.396. The number of hydrogen-bond donors (Lipinski definition) is 1. The van der Waals surface area contributed by atoms with Gasteiger partial charge in [-0.25, -0.2) is 17.8 Å². The van der Waals surface area contributed by atoms with Gasteiger partial charge < -0.3 is 9.88 Å². The Labute approximate surface area is 188 Å². The molecule has 0 aliphatic carbocycles. The number of piperazine rings is 1. The first-order valence-corrected chi connectivity index (χ1v) is 12.5. The summed E-state index contributed by atoms with van der Waals surface area (Å²) < 4.78 is 39.8. The molecule has 1 fully saturated rings. The second kappa shape index (κ2) is 9.39. The molecule has 1 saturated heterocycles. The summed E-state index contributed by atoms with van der Waals surface area (Å²) in [5.74, 6) is 0.477. The fourth-order valence-electron chi connectivity index (χ4n) is 3.46. The van der Waals surface area contributed by atoms with Crippen LogP contribution in [0.15, 0.2) is 58.2 Å². The smallest absolute Gasteiger partial charge is 0.258 e. The molecule has 168 valence electrons. The van der Waals surface area contributed by atoms with Crippen molar-refractivity contribution in [3.63, 3.8) is 0 Å². The molecule has 3 aromatic rings. The molecular formula is C21H21FN4O4S2. The van der Waals surface area contributed by atoms with Crippen LogP contribution in [0.25, 0.3) is 10.9 Å². The van der Waals surface area contributed by atoms with Gasteiger partial charge in [-0.3, -0.25) is 9.59 Å². The summed E-state index contributed by atoms with van der Waals surface area (Å²) >= 11 is 1.34. The fourth-order valence-corrected chi connectivity index (χ4v) is 5.67. The van der Waals surface area contributed by atoms with Crippen LogP contribution in [0.3, 0.4) is 0 Å². The number of halogens is 1. The van der Waals surface area contributed by atoms with Crippen LogP contribution in [0.4, 0.5) is 4.39 Å². The molecule has 1 aromatic heterocycles. The van der Waals surface area contributed by atoms with Crippen molar-refractivity contribution in [2.24, 2.45) is 0 Å². The normalized spacial score (nSPS) is 15.2. The molecule has 0 radical (unpaired) electrons. The quantitative estimate of drug-likeness (QED) is 0.582. The number of thioether (sulfide) groups is 1. The number of rotatable bonds is 6. The van der Waals surface area contributed by atoms with Gasteiger partial charge in [0, 0.05) is 26.2 Å². The van der Waals surface area contributed by atoms with Crippen molar-refractivity contribution in [2.75, 3.05) is 31.9 Å². The van der Waals surface area contributed by atoms with Crippen LogP contribution >= 0.6 is 11.8 Å². The summed E-state index contributed by atoms with van der Waals surface area (Å²) in [4.78, 5) is 33.5. The molecule has 0 unspecified atom stereocenters. The van der Waals surface area contributed by atoms with Gasteiger partial charge in [0.05, 0.1) is 27.3 Å². The zero-order valence-corrected chi connectivity index (χ0v) is 18.7. The maximum absolute atomic E-state index is 13.1. The van der Waals surface area contributed by atoms with Crippen molar-refractivity contribution in [1.29, 1.82) is 0 Å². The van der Waals surface area contributed by atoms with E-state index in [-0.39, 0.29) is 48.3 Å². The van der Waals surface area contributed by atoms with E-state index in [9.17, 15) is 22.4 Å². The van der Waals surface area contributed by atoms with Crippen LogP contribution < -0.4 is 5.56 Å². The Morgan fingerprint density at radius 1 is 1.06 bits per heavy atom. The first-order chi connectivity index (χ1) is 15.3. The van der Waals surface area contributed by atoms with E-state index < -0.39 is 15.8 Å². The van der Waals surface area contributed by atoms with Crippen LogP contribution in [0.2, 0.25) is 0 Å². The van der Waals surface area contributed by atoms with Gasteiger partial charge >= 0.3 is 0 Å². The van der Waals surface area contributed by atoms with Gasteiger partial charge in [-0.15, -0.1) is 11.8 Å². The average Bonchev–Trinajstić information content (AvgIpc) is 2.79. The zero-order chi connectivity index (χ0) is 22.7. The Hall–Kier alpha value is -2.76. The molecule has 0 saturated carbocycles. The summed E-state index contributed by atoms with van der Waals surface area (Å²) in [6.07, 6.45) is 0. The maximum Gasteiger partial charge on any atom is 0.258 e. The molecule has 0 atom stereocenters. The summed E-state index contributed by atoms with van der Waals surface area (Å²) in [5, 5.41) is 0.519. The number of carbonyl (C=O) groups is 1. The number of nitrogens with one attached hydrogen (secondary N) is 1. The van der Waals surface area contributed by atoms with Gasteiger partial charge in [0.2, 0.25) is 15.9 Å². The van der Waals surface area contributed by atoms with Gasteiger partial charge in [0.25, 0.3) is 5.56 Å². The van der Waals surface area contributed by atoms with E-state index in [0.29, 0.717) is 22.5 Å². The average molecular weight is 477 g/mol. The van der Waals surface area contributed by atoms with Gasteiger partial charge in [-0.1, -0.05) is 12.1 Å². The monoisotopic (exact) mass is 476 g/mol. The van der Waals surface area contributed by atoms with E-state index in [1.807, 2.05) is 6.07 Å². The number of para-hydroxylation sites is 1. The van der Waals surface area contributed by atoms with Gasteiger partial charge in [-0.2, -0.15) is 4.31 Å². The lowest BCUT2D eigenvalue weighted by Gasteiger charge is -2.34. The van der Waals surface area contributed by atoms with E-state index >= 15 is 0 Å². The van der Waals surface area contributed by atoms with E-state index in [1.165, 1.54) is 28.2 Å². The van der Waals surface area contributed by atoms with Crippen LogP contribution in [0.1, 0.15) is 5.82 Å². The number of nitrogens with zero attached hydrogens (tertiary/aromatic N) is 3. The second-order valence-corrected chi connectivity index (χ2v) is 10.2. The minimum atomic E-state index is -3.72. The van der Waals surface area contributed by atoms with Crippen molar-refractivity contribution in [1.82, 2.24) is 19.2 Å². The standard InChI is InChI=1S/C21H21FN4O4S2/c22-15-5-7-16(8-6-15)32(29,30)26-11-9-25(10-12-26)20(27)14-31-13-19-23-18-4-2-1-3-17(18)21(28)24-19/h1-8H,9-14H2,(H,23,24,28). The van der Waals surface area contributed by atoms with Crippen molar-refractivity contribution >= 4 is 38.6 Å². The van der Waals surface area contributed by atoms with Crippen molar-refractivity contribution < 1.29 is 17.6 Å². The molecular weight excluding hydrogens is 455 g/mol. The van der Waals surface area contributed by atoms with Gasteiger partial charge in [0.1, 0.15) is 11.6 Å². The van der Waals surface area contributed by atoms with E-state index in [0.717, 1.165) is 12.1 Å². The number of aromatic amines is 1. The van der Waals surface area contributed by atoms with Crippen molar-refractivity contribution in [3.8, 4) is 0 Å². The van der Waals surface area contributed by atoms with E-state index in [1.54, 1.807) is 23.1 Å². The minimum absolute atomic E-state index is 0.0334. The van der Waals surface area contributed by atoms with E-state index in [2.05, 4.69) is 9.97 Å². The van der Waals surface area contributed by atoms with Crippen LogP contribution in [-0.2, 0) is 20.6 Å². The molecule has 1 aliphatic rings. The predicted octanol–water partition coefficient (Wildman–Crippen LogP) is 1.83. The van der Waals surface area contributed by atoms with Gasteiger partial charge in [-0.05, 0) is 36.4 Å². The molecule has 32 heavy (non-hydrogen) atoms. The van der Waals surface area contributed by atoms with E-state index in [4.69, 9.17) is 0 Å². The molecule has 4 rings (SSSR count). The molecule has 1 N–H and O–H groups in total. The number of benzene rings is 2. The third-order valence-corrected chi connectivity index (χ3v) is 8.01. The molecule has 2 aromatic carbocycles. The maximum atomic E-state index is 13.1. The number of aromatic nitrogens is 2. The largest absolute Gasteiger partial charge is 0.339 e. The number of carbonyl (C=O) groups excluding carboxylic acids is 1. The molecule has 1 aliphatic heterocycles. The predicted molar refractivity (Wildman–Crippen MR) is 120 cm³/mol. The number of fused-ring (bicyclic) bond motifs is 1. The lowest BCUT2D eigenvalue weighted by atomic mass is 10.2. The Morgan fingerprint density at radius 2 is 1.75 bits per heavy atom. The zero-order valence-electron chi connectivity index (χ0n) is 17.0. The number of hydrogen-bond acceptors (Lipinski definition) is 6. The first-order valence-electron chi connectivity index (χ1n) is 9.94. The molecule has 8 nitrogen and oxygen atoms in total. The molecule has 0 bridgehead atoms. The van der Waals surface area contributed by atoms with Gasteiger partial charge in [0.15, 0.2) is 0 Å². The summed E-state index contributed by atoms with van der Waals surface area (Å²) in [6.45, 7) is 0.918. The lowest BCUT2D eigenvalue weighted by Crippen LogP contribution is -2.50. The number of amides is 1. The topological polar surface area (TPSA) is 103 Å². The SMILES string of the molecule is O=C(CSCc1nc2ccccc2c(=O)[nH]1)N1CCN(S(=O)(=O)c2ccc(F)cc2)CC1. The first kappa shape index (κ1) is 22.4. The highest BCUT2D eigenvalue weighted by Crippen LogP contribution is 2.19. The Kier molecular flexibility index (Phi) is 6.58. The Balaban J connectivity index is 1.29. The molecule has 11 heteroatoms. The highest BCUT2D eigenvalue weighted by Gasteiger charge is 2.30. The molecule has 1 amide bonds. The highest BCUT2D eigenvalue weighted by atomic mass is 32.2. The van der Waals surface area contributed by atoms with Crippen molar-refractivity contribution in [3.05, 3.63) is 70.5 Å². The highest BCUT2D eigenvalue weighted by molar-refractivity contribution is 7.99. The molecule has 0 spiro atoms. The second-order valence-electron chi connectivity index (χ2n) is 7.26. The van der Waals surface area contributed by atoms with Crippen LogP contribution in [-0.4, -0.2) is 65.4 Å². The minimum Gasteiger partial charge on any atom is -0.339 e. The number of H-pyrrole nitrogens is 1. The Bertz CT molecular complexity index is 1290. The molecule has 2 heterocycles. The van der Waals surface area contributed by atoms with Crippen LogP contribution in [0.5, 0.6) is 0 Å². The number of sulfonamides is 1. The summed E-state index contributed by atoms with van der Waals surface area (Å²) in [6, 6.07) is 11.8. The fraction of sp³-hybridized carbons (Fsp3) is 0.286. The Morgan fingerprint density at radius 3 is 2.47 bits per heavy atom. The van der Waals surface area contributed by atoms with Crippen LogP contribution in [0, 0.1) is 5.82 Å².